The molecule has 4 heteroatoms. The van der Waals surface area contributed by atoms with Crippen molar-refractivity contribution in [3.63, 3.8) is 0 Å². The summed E-state index contributed by atoms with van der Waals surface area (Å²) in [5.41, 5.74) is 6.73. The Kier molecular flexibility index (Phi) is 3.43. The minimum absolute atomic E-state index is 0.255. The molecule has 1 aromatic rings. The molecule has 2 rings (SSSR count). The van der Waals surface area contributed by atoms with E-state index in [1.54, 1.807) is 0 Å². The van der Waals surface area contributed by atoms with Crippen molar-refractivity contribution in [3.8, 4) is 0 Å². The Labute approximate surface area is 106 Å². The molecular formula is C13H19NO2S. The molecule has 2 N–H and O–H groups in total. The lowest BCUT2D eigenvalue weighted by Gasteiger charge is -2.25. The van der Waals surface area contributed by atoms with Crippen LogP contribution in [-0.2, 0) is 10.2 Å². The van der Waals surface area contributed by atoms with Crippen molar-refractivity contribution in [2.24, 2.45) is 0 Å². The molecule has 3 nitrogen and oxygen atoms in total. The first kappa shape index (κ1) is 12.4. The standard InChI is InChI=1S/C13H19NO2S/c1-3-13(6-4-5-7-13)10-8-9(14)11(17-10)12(15)16-2/h8H,3-7,14H2,1-2H3. The summed E-state index contributed by atoms with van der Waals surface area (Å²) in [6.07, 6.45) is 6.10. The van der Waals surface area contributed by atoms with E-state index in [2.05, 4.69) is 6.92 Å². The monoisotopic (exact) mass is 253 g/mol. The molecule has 0 aliphatic heterocycles. The van der Waals surface area contributed by atoms with Gasteiger partial charge < -0.3 is 10.5 Å². The summed E-state index contributed by atoms with van der Waals surface area (Å²) in [6, 6.07) is 1.98. The highest BCUT2D eigenvalue weighted by atomic mass is 32.1. The van der Waals surface area contributed by atoms with E-state index < -0.39 is 0 Å². The fourth-order valence-electron chi connectivity index (χ4n) is 2.74. The van der Waals surface area contributed by atoms with E-state index in [0.717, 1.165) is 6.42 Å². The van der Waals surface area contributed by atoms with E-state index in [1.807, 2.05) is 6.07 Å². The largest absolute Gasteiger partial charge is 0.465 e. The maximum atomic E-state index is 11.6. The van der Waals surface area contributed by atoms with Gasteiger partial charge >= 0.3 is 5.97 Å². The number of rotatable bonds is 3. The van der Waals surface area contributed by atoms with Crippen molar-refractivity contribution in [2.75, 3.05) is 12.8 Å². The van der Waals surface area contributed by atoms with Crippen LogP contribution < -0.4 is 5.73 Å². The highest BCUT2D eigenvalue weighted by Crippen LogP contribution is 2.47. The zero-order valence-electron chi connectivity index (χ0n) is 10.4. The number of thiophene rings is 1. The van der Waals surface area contributed by atoms with Gasteiger partial charge in [-0.15, -0.1) is 11.3 Å². The van der Waals surface area contributed by atoms with Gasteiger partial charge in [0.2, 0.25) is 0 Å². The summed E-state index contributed by atoms with van der Waals surface area (Å²) in [6.45, 7) is 2.22. The molecule has 0 unspecified atom stereocenters. The fraction of sp³-hybridized carbons (Fsp3) is 0.615. The SMILES string of the molecule is CCC1(c2cc(N)c(C(=O)OC)s2)CCCC1. The summed E-state index contributed by atoms with van der Waals surface area (Å²) in [5.74, 6) is -0.317. The Morgan fingerprint density at radius 1 is 1.53 bits per heavy atom. The minimum Gasteiger partial charge on any atom is -0.465 e. The number of nitrogens with two attached hydrogens (primary N) is 1. The van der Waals surface area contributed by atoms with Crippen LogP contribution in [0.15, 0.2) is 6.07 Å². The third kappa shape index (κ3) is 2.06. The van der Waals surface area contributed by atoms with E-state index in [-0.39, 0.29) is 11.4 Å². The molecule has 94 valence electrons. The normalized spacial score (nSPS) is 18.2. The molecule has 17 heavy (non-hydrogen) atoms. The maximum Gasteiger partial charge on any atom is 0.350 e. The average molecular weight is 253 g/mol. The van der Waals surface area contributed by atoms with Crippen LogP contribution in [-0.4, -0.2) is 13.1 Å². The van der Waals surface area contributed by atoms with Crippen molar-refractivity contribution in [1.29, 1.82) is 0 Å². The molecule has 1 saturated carbocycles. The quantitative estimate of drug-likeness (QED) is 0.840. The molecule has 1 aliphatic carbocycles. The van der Waals surface area contributed by atoms with Gasteiger partial charge in [-0.05, 0) is 25.3 Å². The van der Waals surface area contributed by atoms with E-state index in [4.69, 9.17) is 10.5 Å². The van der Waals surface area contributed by atoms with Crippen LogP contribution in [0.1, 0.15) is 53.6 Å². The van der Waals surface area contributed by atoms with Gasteiger partial charge in [0, 0.05) is 10.3 Å². The van der Waals surface area contributed by atoms with E-state index >= 15 is 0 Å². The summed E-state index contributed by atoms with van der Waals surface area (Å²) in [7, 11) is 1.40. The van der Waals surface area contributed by atoms with Gasteiger partial charge in [0.15, 0.2) is 0 Å². The number of carbonyl (C=O) groups is 1. The Morgan fingerprint density at radius 3 is 2.71 bits per heavy atom. The lowest BCUT2D eigenvalue weighted by Crippen LogP contribution is -2.18. The van der Waals surface area contributed by atoms with Crippen LogP contribution in [0.2, 0.25) is 0 Å². The zero-order valence-corrected chi connectivity index (χ0v) is 11.2. The molecule has 0 bridgehead atoms. The number of hydrogen-bond acceptors (Lipinski definition) is 4. The molecule has 0 amide bonds. The lowest BCUT2D eigenvalue weighted by atomic mass is 9.82. The number of esters is 1. The van der Waals surface area contributed by atoms with Crippen LogP contribution >= 0.6 is 11.3 Å². The predicted octanol–water partition coefficient (Wildman–Crippen LogP) is 3.34. The van der Waals surface area contributed by atoms with Crippen molar-refractivity contribution in [3.05, 3.63) is 15.8 Å². The number of nitrogen functional groups attached to an aromatic ring is 1. The average Bonchev–Trinajstić information content (AvgIpc) is 2.95. The van der Waals surface area contributed by atoms with Crippen molar-refractivity contribution < 1.29 is 9.53 Å². The fourth-order valence-corrected chi connectivity index (χ4v) is 4.06. The van der Waals surface area contributed by atoms with E-state index in [9.17, 15) is 4.79 Å². The number of carbonyl (C=O) groups excluding carboxylic acids is 1. The van der Waals surface area contributed by atoms with Gasteiger partial charge in [0.1, 0.15) is 4.88 Å². The third-order valence-electron chi connectivity index (χ3n) is 3.89. The molecule has 1 heterocycles. The van der Waals surface area contributed by atoms with Crippen LogP contribution in [0.4, 0.5) is 5.69 Å². The van der Waals surface area contributed by atoms with E-state index in [1.165, 1.54) is 49.0 Å². The predicted molar refractivity (Wildman–Crippen MR) is 70.5 cm³/mol. The second kappa shape index (κ2) is 4.69. The summed E-state index contributed by atoms with van der Waals surface area (Å²) < 4.78 is 4.75. The first-order valence-electron chi connectivity index (χ1n) is 6.11. The summed E-state index contributed by atoms with van der Waals surface area (Å²) in [4.78, 5) is 13.4. The van der Waals surface area contributed by atoms with Gasteiger partial charge in [0.25, 0.3) is 0 Å². The highest BCUT2D eigenvalue weighted by molar-refractivity contribution is 7.14. The lowest BCUT2D eigenvalue weighted by molar-refractivity contribution is 0.0607. The number of hydrogen-bond donors (Lipinski definition) is 1. The molecule has 1 aliphatic rings. The molecule has 0 radical (unpaired) electrons. The van der Waals surface area contributed by atoms with Gasteiger partial charge in [-0.2, -0.15) is 0 Å². The van der Waals surface area contributed by atoms with Crippen LogP contribution in [0.5, 0.6) is 0 Å². The Bertz CT molecular complexity index is 419. The second-order valence-electron chi connectivity index (χ2n) is 4.73. The molecule has 0 aromatic carbocycles. The number of anilines is 1. The minimum atomic E-state index is -0.317. The van der Waals surface area contributed by atoms with Crippen molar-refractivity contribution in [2.45, 2.75) is 44.4 Å². The Balaban J connectivity index is 2.36. The highest BCUT2D eigenvalue weighted by Gasteiger charge is 2.36. The van der Waals surface area contributed by atoms with Gasteiger partial charge in [-0.25, -0.2) is 4.79 Å². The molecule has 0 atom stereocenters. The zero-order chi connectivity index (χ0) is 12.5. The first-order chi connectivity index (χ1) is 8.13. The van der Waals surface area contributed by atoms with Crippen LogP contribution in [0.3, 0.4) is 0 Å². The van der Waals surface area contributed by atoms with Gasteiger partial charge in [-0.1, -0.05) is 19.8 Å². The summed E-state index contributed by atoms with van der Waals surface area (Å²) in [5, 5.41) is 0. The van der Waals surface area contributed by atoms with Crippen molar-refractivity contribution in [1.82, 2.24) is 0 Å². The summed E-state index contributed by atoms with van der Waals surface area (Å²) >= 11 is 1.51. The molecular weight excluding hydrogens is 234 g/mol. The van der Waals surface area contributed by atoms with Crippen molar-refractivity contribution >= 4 is 23.0 Å². The first-order valence-corrected chi connectivity index (χ1v) is 6.93. The third-order valence-corrected chi connectivity index (χ3v) is 5.27. The van der Waals surface area contributed by atoms with Gasteiger partial charge in [-0.3, -0.25) is 0 Å². The molecule has 1 aromatic heterocycles. The second-order valence-corrected chi connectivity index (χ2v) is 5.78. The Hall–Kier alpha value is -1.03. The molecule has 0 saturated heterocycles. The Morgan fingerprint density at radius 2 is 2.18 bits per heavy atom. The van der Waals surface area contributed by atoms with E-state index in [0.29, 0.717) is 10.6 Å². The number of methoxy groups -OCH3 is 1. The molecule has 1 fully saturated rings. The molecule has 0 spiro atoms. The topological polar surface area (TPSA) is 52.3 Å². The van der Waals surface area contributed by atoms with Crippen LogP contribution in [0, 0.1) is 0 Å². The van der Waals surface area contributed by atoms with Crippen LogP contribution in [0.25, 0.3) is 0 Å². The number of ether oxygens (including phenoxy) is 1. The van der Waals surface area contributed by atoms with Gasteiger partial charge in [0.05, 0.1) is 12.8 Å². The maximum absolute atomic E-state index is 11.6. The smallest absolute Gasteiger partial charge is 0.350 e.